The quantitative estimate of drug-likeness (QED) is 0.682. The molecule has 0 aliphatic heterocycles. The molecule has 1 aromatic carbocycles. The van der Waals surface area contributed by atoms with Gasteiger partial charge in [-0.1, -0.05) is 30.9 Å². The lowest BCUT2D eigenvalue weighted by atomic mass is 10.2. The normalized spacial score (nSPS) is 11.1. The van der Waals surface area contributed by atoms with Gasteiger partial charge in [0.25, 0.3) is 0 Å². The van der Waals surface area contributed by atoms with Gasteiger partial charge in [-0.25, -0.2) is 0 Å². The van der Waals surface area contributed by atoms with E-state index in [-0.39, 0.29) is 0 Å². The molecule has 2 nitrogen and oxygen atoms in total. The number of methoxy groups -OCH3 is 1. The minimum atomic E-state index is -0.612. The standard InChI is InChI=1S/C12H16O2/c1-5-10-8-6-7-9-11(10)14-12(2,3)13-4/h5-9H,1H2,2-4H3. The number of para-hydroxylation sites is 1. The maximum Gasteiger partial charge on any atom is 0.204 e. The van der Waals surface area contributed by atoms with E-state index < -0.39 is 5.79 Å². The average molecular weight is 192 g/mol. The molecule has 1 rings (SSSR count). The van der Waals surface area contributed by atoms with Crippen LogP contribution >= 0.6 is 0 Å². The summed E-state index contributed by atoms with van der Waals surface area (Å²) in [7, 11) is 1.62. The highest BCUT2D eigenvalue weighted by molar-refractivity contribution is 5.55. The molecule has 0 bridgehead atoms. The largest absolute Gasteiger partial charge is 0.462 e. The summed E-state index contributed by atoms with van der Waals surface area (Å²) in [5.41, 5.74) is 0.970. The van der Waals surface area contributed by atoms with E-state index in [2.05, 4.69) is 6.58 Å². The van der Waals surface area contributed by atoms with E-state index in [1.54, 1.807) is 13.2 Å². The molecule has 0 fully saturated rings. The predicted molar refractivity (Wildman–Crippen MR) is 58.2 cm³/mol. The smallest absolute Gasteiger partial charge is 0.204 e. The van der Waals surface area contributed by atoms with Crippen molar-refractivity contribution in [1.29, 1.82) is 0 Å². The summed E-state index contributed by atoms with van der Waals surface area (Å²) in [6.07, 6.45) is 1.76. The van der Waals surface area contributed by atoms with Gasteiger partial charge >= 0.3 is 0 Å². The Morgan fingerprint density at radius 1 is 1.29 bits per heavy atom. The molecule has 0 saturated carbocycles. The van der Waals surface area contributed by atoms with Gasteiger partial charge in [0.15, 0.2) is 0 Å². The Labute approximate surface area is 85.2 Å². The van der Waals surface area contributed by atoms with Crippen molar-refractivity contribution in [3.8, 4) is 5.75 Å². The van der Waals surface area contributed by atoms with Gasteiger partial charge < -0.3 is 9.47 Å². The molecule has 0 radical (unpaired) electrons. The summed E-state index contributed by atoms with van der Waals surface area (Å²) in [6, 6.07) is 7.73. The SMILES string of the molecule is C=Cc1ccccc1OC(C)(C)OC. The van der Waals surface area contributed by atoms with Crippen molar-refractivity contribution in [2.75, 3.05) is 7.11 Å². The first-order chi connectivity index (χ1) is 6.59. The minimum absolute atomic E-state index is 0.612. The van der Waals surface area contributed by atoms with Gasteiger partial charge in [0.1, 0.15) is 5.75 Å². The van der Waals surface area contributed by atoms with Crippen molar-refractivity contribution >= 4 is 6.08 Å². The highest BCUT2D eigenvalue weighted by Crippen LogP contribution is 2.23. The second-order valence-electron chi connectivity index (χ2n) is 3.45. The lowest BCUT2D eigenvalue weighted by Gasteiger charge is -2.25. The lowest BCUT2D eigenvalue weighted by molar-refractivity contribution is -0.134. The van der Waals surface area contributed by atoms with E-state index in [1.807, 2.05) is 38.1 Å². The number of hydrogen-bond donors (Lipinski definition) is 0. The molecule has 0 heterocycles. The summed E-state index contributed by atoms with van der Waals surface area (Å²) in [6.45, 7) is 7.46. The Morgan fingerprint density at radius 3 is 2.50 bits per heavy atom. The third kappa shape index (κ3) is 2.60. The molecule has 0 spiro atoms. The Kier molecular flexibility index (Phi) is 3.31. The summed E-state index contributed by atoms with van der Waals surface area (Å²) in [4.78, 5) is 0. The molecule has 0 N–H and O–H groups in total. The van der Waals surface area contributed by atoms with Crippen molar-refractivity contribution in [2.45, 2.75) is 19.6 Å². The average Bonchev–Trinajstić information content (AvgIpc) is 2.18. The molecule has 0 aliphatic carbocycles. The van der Waals surface area contributed by atoms with Gasteiger partial charge in [0, 0.05) is 26.5 Å². The van der Waals surface area contributed by atoms with E-state index in [9.17, 15) is 0 Å². The van der Waals surface area contributed by atoms with E-state index in [0.717, 1.165) is 11.3 Å². The van der Waals surface area contributed by atoms with Crippen molar-refractivity contribution in [2.24, 2.45) is 0 Å². The molecule has 14 heavy (non-hydrogen) atoms. The lowest BCUT2D eigenvalue weighted by Crippen LogP contribution is -2.30. The summed E-state index contributed by atoms with van der Waals surface area (Å²) < 4.78 is 10.9. The fraction of sp³-hybridized carbons (Fsp3) is 0.333. The van der Waals surface area contributed by atoms with Gasteiger partial charge in [0.2, 0.25) is 5.79 Å². The fourth-order valence-corrected chi connectivity index (χ4v) is 1.05. The van der Waals surface area contributed by atoms with Crippen LogP contribution in [0.4, 0.5) is 0 Å². The van der Waals surface area contributed by atoms with Gasteiger partial charge in [-0.15, -0.1) is 0 Å². The third-order valence-electron chi connectivity index (χ3n) is 1.99. The maximum absolute atomic E-state index is 5.68. The van der Waals surface area contributed by atoms with E-state index >= 15 is 0 Å². The van der Waals surface area contributed by atoms with Crippen LogP contribution in [0, 0.1) is 0 Å². The molecule has 2 heteroatoms. The van der Waals surface area contributed by atoms with E-state index in [0.29, 0.717) is 0 Å². The molecular formula is C12H16O2. The fourth-order valence-electron chi connectivity index (χ4n) is 1.05. The van der Waals surface area contributed by atoms with Gasteiger partial charge in [-0.05, 0) is 6.07 Å². The van der Waals surface area contributed by atoms with Gasteiger partial charge in [0.05, 0.1) is 0 Å². The second-order valence-corrected chi connectivity index (χ2v) is 3.45. The van der Waals surface area contributed by atoms with Crippen LogP contribution in [0.3, 0.4) is 0 Å². The van der Waals surface area contributed by atoms with Crippen LogP contribution in [0.2, 0.25) is 0 Å². The van der Waals surface area contributed by atoms with Crippen LogP contribution in [-0.4, -0.2) is 12.9 Å². The number of rotatable bonds is 4. The molecule has 0 unspecified atom stereocenters. The zero-order chi connectivity index (χ0) is 10.6. The first kappa shape index (κ1) is 10.8. The predicted octanol–water partition coefficient (Wildman–Crippen LogP) is 3.09. The summed E-state index contributed by atoms with van der Waals surface area (Å²) in [5, 5.41) is 0. The van der Waals surface area contributed by atoms with Gasteiger partial charge in [-0.3, -0.25) is 0 Å². The molecule has 0 aliphatic rings. The van der Waals surface area contributed by atoms with Crippen LogP contribution in [0.5, 0.6) is 5.75 Å². The Hall–Kier alpha value is -1.28. The molecule has 1 aromatic rings. The molecule has 76 valence electrons. The van der Waals surface area contributed by atoms with Crippen LogP contribution in [-0.2, 0) is 4.74 Å². The molecule has 0 saturated heterocycles. The van der Waals surface area contributed by atoms with Crippen LogP contribution in [0.1, 0.15) is 19.4 Å². The zero-order valence-electron chi connectivity index (χ0n) is 8.91. The maximum atomic E-state index is 5.68. The van der Waals surface area contributed by atoms with Crippen molar-refractivity contribution in [3.63, 3.8) is 0 Å². The molecule has 0 atom stereocenters. The van der Waals surface area contributed by atoms with Gasteiger partial charge in [-0.2, -0.15) is 0 Å². The Bertz CT molecular complexity index is 316. The van der Waals surface area contributed by atoms with Crippen LogP contribution in [0.15, 0.2) is 30.8 Å². The third-order valence-corrected chi connectivity index (χ3v) is 1.99. The van der Waals surface area contributed by atoms with Crippen molar-refractivity contribution in [3.05, 3.63) is 36.4 Å². The van der Waals surface area contributed by atoms with Crippen molar-refractivity contribution < 1.29 is 9.47 Å². The number of ether oxygens (including phenoxy) is 2. The minimum Gasteiger partial charge on any atom is -0.462 e. The van der Waals surface area contributed by atoms with Crippen molar-refractivity contribution in [1.82, 2.24) is 0 Å². The Balaban J connectivity index is 2.91. The molecule has 0 aromatic heterocycles. The van der Waals surface area contributed by atoms with Crippen LogP contribution < -0.4 is 4.74 Å². The number of benzene rings is 1. The van der Waals surface area contributed by atoms with E-state index in [4.69, 9.17) is 9.47 Å². The second kappa shape index (κ2) is 4.29. The summed E-state index contributed by atoms with van der Waals surface area (Å²) >= 11 is 0. The molecular weight excluding hydrogens is 176 g/mol. The zero-order valence-corrected chi connectivity index (χ0v) is 8.91. The first-order valence-corrected chi connectivity index (χ1v) is 4.54. The molecule has 0 amide bonds. The highest BCUT2D eigenvalue weighted by Gasteiger charge is 2.18. The topological polar surface area (TPSA) is 18.5 Å². The van der Waals surface area contributed by atoms with Crippen LogP contribution in [0.25, 0.3) is 6.08 Å². The highest BCUT2D eigenvalue weighted by atomic mass is 16.7. The number of hydrogen-bond acceptors (Lipinski definition) is 2. The Morgan fingerprint density at radius 2 is 1.93 bits per heavy atom. The summed E-state index contributed by atoms with van der Waals surface area (Å²) in [5.74, 6) is 0.174. The van der Waals surface area contributed by atoms with E-state index in [1.165, 1.54) is 0 Å². The first-order valence-electron chi connectivity index (χ1n) is 4.54. The monoisotopic (exact) mass is 192 g/mol.